The summed E-state index contributed by atoms with van der Waals surface area (Å²) in [6, 6.07) is 0. The quantitative estimate of drug-likeness (QED) is 0.710. The molecule has 2 heterocycles. The second-order valence-corrected chi connectivity index (χ2v) is 4.95. The number of aryl methyl sites for hydroxylation is 1. The lowest BCUT2D eigenvalue weighted by Gasteiger charge is -2.09. The zero-order valence-electron chi connectivity index (χ0n) is 11.5. The normalized spacial score (nSPS) is 11.3. The molecular weight excluding hydrogens is 242 g/mol. The average Bonchev–Trinajstić information content (AvgIpc) is 3.00. The highest BCUT2D eigenvalue weighted by molar-refractivity contribution is 4.83. The Labute approximate surface area is 113 Å². The molecule has 2 aromatic heterocycles. The summed E-state index contributed by atoms with van der Waals surface area (Å²) in [6.07, 6.45) is 6.21. The van der Waals surface area contributed by atoms with Crippen molar-refractivity contribution in [2.45, 2.75) is 39.9 Å². The molecule has 2 rings (SSSR count). The van der Waals surface area contributed by atoms with Crippen molar-refractivity contribution < 1.29 is 0 Å². The van der Waals surface area contributed by atoms with Gasteiger partial charge in [-0.3, -0.25) is 4.68 Å². The Kier molecular flexibility index (Phi) is 5.02. The highest BCUT2D eigenvalue weighted by Gasteiger charge is 2.05. The van der Waals surface area contributed by atoms with Gasteiger partial charge in [0.1, 0.15) is 12.2 Å². The second-order valence-electron chi connectivity index (χ2n) is 4.95. The number of hydrogen-bond acceptors (Lipinski definition) is 5. The first kappa shape index (κ1) is 13.7. The third-order valence-corrected chi connectivity index (χ3v) is 2.73. The van der Waals surface area contributed by atoms with E-state index in [1.807, 2.05) is 15.6 Å². The van der Waals surface area contributed by atoms with Crippen molar-refractivity contribution in [3.63, 3.8) is 0 Å². The van der Waals surface area contributed by atoms with Crippen LogP contribution in [0.2, 0.25) is 0 Å². The fourth-order valence-corrected chi connectivity index (χ4v) is 1.84. The number of hydrogen-bond donors (Lipinski definition) is 1. The molecule has 0 radical (unpaired) electrons. The van der Waals surface area contributed by atoms with E-state index in [-0.39, 0.29) is 0 Å². The van der Waals surface area contributed by atoms with Gasteiger partial charge in [0, 0.05) is 19.3 Å². The summed E-state index contributed by atoms with van der Waals surface area (Å²) in [5, 5.41) is 15.3. The summed E-state index contributed by atoms with van der Waals surface area (Å²) in [5.41, 5.74) is 0. The molecule has 2 aromatic rings. The fourth-order valence-electron chi connectivity index (χ4n) is 1.84. The van der Waals surface area contributed by atoms with Gasteiger partial charge in [-0.2, -0.15) is 5.10 Å². The largest absolute Gasteiger partial charge is 0.310 e. The summed E-state index contributed by atoms with van der Waals surface area (Å²) in [7, 11) is 0. The molecule has 7 heteroatoms. The van der Waals surface area contributed by atoms with Crippen molar-refractivity contribution in [1.29, 1.82) is 0 Å². The van der Waals surface area contributed by atoms with Gasteiger partial charge in [-0.15, -0.1) is 5.10 Å². The Morgan fingerprint density at radius 1 is 1.37 bits per heavy atom. The van der Waals surface area contributed by atoms with E-state index in [9.17, 15) is 0 Å². The molecule has 1 N–H and O–H groups in total. The maximum absolute atomic E-state index is 4.28. The van der Waals surface area contributed by atoms with E-state index in [1.54, 1.807) is 12.5 Å². The van der Waals surface area contributed by atoms with Gasteiger partial charge in [-0.1, -0.05) is 19.1 Å². The van der Waals surface area contributed by atoms with E-state index in [4.69, 9.17) is 0 Å². The molecule has 19 heavy (non-hydrogen) atoms. The smallest absolute Gasteiger partial charge is 0.140 e. The van der Waals surface area contributed by atoms with Crippen molar-refractivity contribution in [3.8, 4) is 0 Å². The highest BCUT2D eigenvalue weighted by atomic mass is 15.4. The lowest BCUT2D eigenvalue weighted by atomic mass is 10.2. The number of nitrogens with one attached hydrogen (secondary N) is 1. The second kappa shape index (κ2) is 6.98. The zero-order chi connectivity index (χ0) is 13.5. The van der Waals surface area contributed by atoms with Gasteiger partial charge < -0.3 is 5.32 Å². The summed E-state index contributed by atoms with van der Waals surface area (Å²) in [5.74, 6) is 1.57. The van der Waals surface area contributed by atoms with Crippen molar-refractivity contribution in [1.82, 2.24) is 35.1 Å². The maximum atomic E-state index is 4.28. The zero-order valence-corrected chi connectivity index (χ0v) is 11.5. The van der Waals surface area contributed by atoms with Crippen LogP contribution in [0.15, 0.2) is 18.7 Å². The van der Waals surface area contributed by atoms with Crippen LogP contribution in [0.4, 0.5) is 0 Å². The van der Waals surface area contributed by atoms with Gasteiger partial charge in [0.15, 0.2) is 0 Å². The van der Waals surface area contributed by atoms with Crippen LogP contribution in [0.25, 0.3) is 0 Å². The molecule has 7 nitrogen and oxygen atoms in total. The third-order valence-electron chi connectivity index (χ3n) is 2.73. The Morgan fingerprint density at radius 3 is 3.00 bits per heavy atom. The minimum Gasteiger partial charge on any atom is -0.310 e. The van der Waals surface area contributed by atoms with Gasteiger partial charge in [0.05, 0.1) is 12.7 Å². The molecule has 0 fully saturated rings. The van der Waals surface area contributed by atoms with E-state index in [0.717, 1.165) is 38.4 Å². The van der Waals surface area contributed by atoms with Crippen molar-refractivity contribution in [3.05, 3.63) is 24.5 Å². The van der Waals surface area contributed by atoms with Crippen LogP contribution >= 0.6 is 0 Å². The molecule has 0 aliphatic heterocycles. The molecule has 0 saturated heterocycles. The third kappa shape index (κ3) is 4.44. The summed E-state index contributed by atoms with van der Waals surface area (Å²) < 4.78 is 3.80. The van der Waals surface area contributed by atoms with Gasteiger partial charge in [0.25, 0.3) is 0 Å². The Morgan fingerprint density at radius 2 is 2.26 bits per heavy atom. The van der Waals surface area contributed by atoms with Gasteiger partial charge in [-0.25, -0.2) is 9.67 Å². The first-order valence-electron chi connectivity index (χ1n) is 6.67. The number of rotatable bonds is 8. The number of nitrogens with zero attached hydrogens (tertiary/aromatic N) is 6. The molecule has 0 aliphatic carbocycles. The summed E-state index contributed by atoms with van der Waals surface area (Å²) >= 11 is 0. The molecule has 0 aliphatic rings. The van der Waals surface area contributed by atoms with Crippen LogP contribution in [-0.4, -0.2) is 36.3 Å². The van der Waals surface area contributed by atoms with Crippen molar-refractivity contribution in [2.24, 2.45) is 5.92 Å². The van der Waals surface area contributed by atoms with E-state index in [0.29, 0.717) is 5.92 Å². The molecule has 0 bridgehead atoms. The summed E-state index contributed by atoms with van der Waals surface area (Å²) in [6.45, 7) is 7.83. The van der Waals surface area contributed by atoms with Crippen LogP contribution in [-0.2, 0) is 19.6 Å². The molecule has 0 amide bonds. The van der Waals surface area contributed by atoms with E-state index < -0.39 is 0 Å². The molecule has 0 saturated carbocycles. The monoisotopic (exact) mass is 263 g/mol. The molecule has 0 aromatic carbocycles. The van der Waals surface area contributed by atoms with Gasteiger partial charge >= 0.3 is 0 Å². The van der Waals surface area contributed by atoms with Crippen LogP contribution < -0.4 is 5.32 Å². The molecule has 0 spiro atoms. The minimum atomic E-state index is 0.577. The highest BCUT2D eigenvalue weighted by Crippen LogP contribution is 2.00. The van der Waals surface area contributed by atoms with E-state index in [2.05, 4.69) is 39.6 Å². The van der Waals surface area contributed by atoms with Gasteiger partial charge in [0.2, 0.25) is 0 Å². The maximum Gasteiger partial charge on any atom is 0.140 e. The fraction of sp³-hybridized carbons (Fsp3) is 0.667. The molecule has 0 atom stereocenters. The lowest BCUT2D eigenvalue weighted by molar-refractivity contribution is 0.454. The van der Waals surface area contributed by atoms with Crippen LogP contribution in [0.1, 0.15) is 26.1 Å². The van der Waals surface area contributed by atoms with Crippen LogP contribution in [0.3, 0.4) is 0 Å². The average molecular weight is 263 g/mol. The van der Waals surface area contributed by atoms with E-state index >= 15 is 0 Å². The van der Waals surface area contributed by atoms with Crippen LogP contribution in [0.5, 0.6) is 0 Å². The van der Waals surface area contributed by atoms with E-state index in [1.165, 1.54) is 0 Å². The lowest BCUT2D eigenvalue weighted by Crippen LogP contribution is -2.21. The first-order valence-corrected chi connectivity index (χ1v) is 6.67. The standard InChI is InChI=1S/C12H21N7/c1-11(2)9-19-12(14-10-16-19)8-13-4-3-6-18-7-5-15-17-18/h5,7,10-11,13H,3-4,6,8-9H2,1-2H3. The molecule has 0 unspecified atom stereocenters. The molecular formula is C12H21N7. The Bertz CT molecular complexity index is 460. The van der Waals surface area contributed by atoms with Gasteiger partial charge in [-0.05, 0) is 18.9 Å². The Balaban J connectivity index is 1.66. The van der Waals surface area contributed by atoms with Crippen molar-refractivity contribution in [2.75, 3.05) is 6.54 Å². The molecule has 104 valence electrons. The topological polar surface area (TPSA) is 73.5 Å². The van der Waals surface area contributed by atoms with Crippen molar-refractivity contribution >= 4 is 0 Å². The predicted molar refractivity (Wildman–Crippen MR) is 71.2 cm³/mol. The van der Waals surface area contributed by atoms with Crippen LogP contribution in [0, 0.1) is 5.92 Å². The predicted octanol–water partition coefficient (Wildman–Crippen LogP) is 0.705. The number of aromatic nitrogens is 6. The Hall–Kier alpha value is -1.76. The minimum absolute atomic E-state index is 0.577. The summed E-state index contributed by atoms with van der Waals surface area (Å²) in [4.78, 5) is 4.28. The SMILES string of the molecule is CC(C)Cn1ncnc1CNCCCn1ccnn1. The first-order chi connectivity index (χ1) is 9.25.